The third-order valence-electron chi connectivity index (χ3n) is 2.79. The van der Waals surface area contributed by atoms with Gasteiger partial charge in [-0.15, -0.1) is 0 Å². The Morgan fingerprint density at radius 2 is 1.85 bits per heavy atom. The minimum absolute atomic E-state index is 0.0541. The van der Waals surface area contributed by atoms with Gasteiger partial charge in [-0.2, -0.15) is 0 Å². The maximum absolute atomic E-state index is 10.1. The third kappa shape index (κ3) is 3.22. The van der Waals surface area contributed by atoms with Gasteiger partial charge in [-0.3, -0.25) is 4.99 Å². The summed E-state index contributed by atoms with van der Waals surface area (Å²) in [6, 6.07) is 9.52. The summed E-state index contributed by atoms with van der Waals surface area (Å²) in [6.45, 7) is 2.02. The van der Waals surface area contributed by atoms with Crippen LogP contribution in [0, 0.1) is 6.92 Å². The normalized spacial score (nSPS) is 11.0. The van der Waals surface area contributed by atoms with Crippen molar-refractivity contribution >= 4 is 43.8 Å². The quantitative estimate of drug-likeness (QED) is 0.740. The fraction of sp³-hybridized carbons (Fsp3) is 0.133. The van der Waals surface area contributed by atoms with E-state index in [1.165, 1.54) is 12.7 Å². The summed E-state index contributed by atoms with van der Waals surface area (Å²) in [6.07, 6.45) is 1.61. The van der Waals surface area contributed by atoms with Gasteiger partial charge in [0, 0.05) is 15.2 Å². The molecule has 0 bridgehead atoms. The Kier molecular flexibility index (Phi) is 4.83. The predicted octanol–water partition coefficient (Wildman–Crippen LogP) is 4.98. The number of methoxy groups -OCH3 is 1. The van der Waals surface area contributed by atoms with Crippen LogP contribution in [0.2, 0.25) is 0 Å². The van der Waals surface area contributed by atoms with Gasteiger partial charge in [-0.1, -0.05) is 17.7 Å². The van der Waals surface area contributed by atoms with Crippen LogP contribution in [-0.4, -0.2) is 18.4 Å². The van der Waals surface area contributed by atoms with E-state index >= 15 is 0 Å². The Labute approximate surface area is 134 Å². The number of hydrogen-bond donors (Lipinski definition) is 1. The second-order valence-corrected chi connectivity index (χ2v) is 5.88. The topological polar surface area (TPSA) is 41.8 Å². The van der Waals surface area contributed by atoms with Crippen molar-refractivity contribution in [1.82, 2.24) is 0 Å². The molecular weight excluding hydrogens is 386 g/mol. The SMILES string of the molecule is COc1cc(Br)c(Br)c(C=Nc2ccc(C)cc2)c1O. The van der Waals surface area contributed by atoms with Crippen molar-refractivity contribution < 1.29 is 9.84 Å². The van der Waals surface area contributed by atoms with Crippen molar-refractivity contribution in [2.45, 2.75) is 6.92 Å². The lowest BCUT2D eigenvalue weighted by Gasteiger charge is -2.09. The molecule has 0 aliphatic rings. The lowest BCUT2D eigenvalue weighted by atomic mass is 10.2. The summed E-state index contributed by atoms with van der Waals surface area (Å²) in [4.78, 5) is 4.36. The molecule has 2 aromatic carbocycles. The van der Waals surface area contributed by atoms with Crippen molar-refractivity contribution in [3.63, 3.8) is 0 Å². The van der Waals surface area contributed by atoms with E-state index in [4.69, 9.17) is 4.74 Å². The number of nitrogens with zero attached hydrogens (tertiary/aromatic N) is 1. The molecule has 0 amide bonds. The summed E-state index contributed by atoms with van der Waals surface area (Å²) in [7, 11) is 1.51. The molecule has 5 heteroatoms. The Morgan fingerprint density at radius 3 is 2.45 bits per heavy atom. The van der Waals surface area contributed by atoms with Crippen LogP contribution in [0.25, 0.3) is 0 Å². The second-order valence-electron chi connectivity index (χ2n) is 4.23. The minimum atomic E-state index is 0.0541. The fourth-order valence-electron chi connectivity index (χ4n) is 1.66. The molecule has 0 radical (unpaired) electrons. The Balaban J connectivity index is 2.42. The second kappa shape index (κ2) is 6.41. The van der Waals surface area contributed by atoms with Gasteiger partial charge in [0.2, 0.25) is 0 Å². The van der Waals surface area contributed by atoms with E-state index in [1.807, 2.05) is 31.2 Å². The fourth-order valence-corrected chi connectivity index (χ4v) is 2.48. The van der Waals surface area contributed by atoms with Crippen LogP contribution >= 0.6 is 31.9 Å². The Bertz CT molecular complexity index is 652. The van der Waals surface area contributed by atoms with E-state index in [0.717, 1.165) is 14.6 Å². The number of aromatic hydroxyl groups is 1. The molecule has 2 rings (SSSR count). The highest BCUT2D eigenvalue weighted by molar-refractivity contribution is 9.13. The molecule has 0 saturated heterocycles. The molecule has 0 saturated carbocycles. The van der Waals surface area contributed by atoms with Gasteiger partial charge in [0.15, 0.2) is 11.5 Å². The van der Waals surface area contributed by atoms with Crippen LogP contribution in [0.3, 0.4) is 0 Å². The lowest BCUT2D eigenvalue weighted by molar-refractivity contribution is 0.372. The summed E-state index contributed by atoms with van der Waals surface area (Å²) in [5.41, 5.74) is 2.56. The lowest BCUT2D eigenvalue weighted by Crippen LogP contribution is -1.91. The number of benzene rings is 2. The zero-order valence-electron chi connectivity index (χ0n) is 11.0. The van der Waals surface area contributed by atoms with Crippen LogP contribution < -0.4 is 4.74 Å². The van der Waals surface area contributed by atoms with Crippen LogP contribution in [0.15, 0.2) is 44.3 Å². The van der Waals surface area contributed by atoms with Gasteiger partial charge in [-0.05, 0) is 57.0 Å². The monoisotopic (exact) mass is 397 g/mol. The zero-order chi connectivity index (χ0) is 14.7. The predicted molar refractivity (Wildman–Crippen MR) is 88.5 cm³/mol. The number of phenolic OH excluding ortho intramolecular Hbond substituents is 1. The smallest absolute Gasteiger partial charge is 0.167 e. The molecule has 0 heterocycles. The van der Waals surface area contributed by atoms with Crippen molar-refractivity contribution in [1.29, 1.82) is 0 Å². The highest BCUT2D eigenvalue weighted by Gasteiger charge is 2.14. The van der Waals surface area contributed by atoms with Gasteiger partial charge in [-0.25, -0.2) is 0 Å². The van der Waals surface area contributed by atoms with Crippen LogP contribution in [0.4, 0.5) is 5.69 Å². The Morgan fingerprint density at radius 1 is 1.20 bits per heavy atom. The molecule has 1 N–H and O–H groups in total. The summed E-state index contributed by atoms with van der Waals surface area (Å²) >= 11 is 6.83. The molecule has 3 nitrogen and oxygen atoms in total. The number of ether oxygens (including phenoxy) is 1. The summed E-state index contributed by atoms with van der Waals surface area (Å²) < 4.78 is 6.64. The first-order chi connectivity index (χ1) is 9.52. The molecule has 0 atom stereocenters. The highest BCUT2D eigenvalue weighted by Crippen LogP contribution is 2.39. The van der Waals surface area contributed by atoms with Gasteiger partial charge in [0.1, 0.15) is 0 Å². The first kappa shape index (κ1) is 15.1. The van der Waals surface area contributed by atoms with E-state index in [1.54, 1.807) is 12.3 Å². The first-order valence-electron chi connectivity index (χ1n) is 5.88. The van der Waals surface area contributed by atoms with Gasteiger partial charge >= 0.3 is 0 Å². The van der Waals surface area contributed by atoms with Crippen molar-refractivity contribution in [2.24, 2.45) is 4.99 Å². The number of aryl methyl sites for hydroxylation is 1. The number of halogens is 2. The molecule has 0 aliphatic heterocycles. The summed E-state index contributed by atoms with van der Waals surface area (Å²) in [5, 5.41) is 10.1. The maximum Gasteiger partial charge on any atom is 0.167 e. The van der Waals surface area contributed by atoms with E-state index in [9.17, 15) is 5.11 Å². The largest absolute Gasteiger partial charge is 0.504 e. The highest BCUT2D eigenvalue weighted by atomic mass is 79.9. The number of aliphatic imine (C=N–C) groups is 1. The van der Waals surface area contributed by atoms with E-state index in [-0.39, 0.29) is 5.75 Å². The van der Waals surface area contributed by atoms with Crippen molar-refractivity contribution in [2.75, 3.05) is 7.11 Å². The molecule has 20 heavy (non-hydrogen) atoms. The first-order valence-corrected chi connectivity index (χ1v) is 7.47. The molecule has 2 aromatic rings. The average molecular weight is 399 g/mol. The van der Waals surface area contributed by atoms with E-state index < -0.39 is 0 Å². The number of rotatable bonds is 3. The molecule has 104 valence electrons. The van der Waals surface area contributed by atoms with Crippen LogP contribution in [-0.2, 0) is 0 Å². The van der Waals surface area contributed by atoms with Gasteiger partial charge < -0.3 is 9.84 Å². The average Bonchev–Trinajstić information content (AvgIpc) is 2.44. The van der Waals surface area contributed by atoms with Crippen molar-refractivity contribution in [3.05, 3.63) is 50.4 Å². The van der Waals surface area contributed by atoms with Crippen LogP contribution in [0.1, 0.15) is 11.1 Å². The van der Waals surface area contributed by atoms with Crippen molar-refractivity contribution in [3.8, 4) is 11.5 Å². The molecule has 0 unspecified atom stereocenters. The summed E-state index contributed by atoms with van der Waals surface area (Å²) in [5.74, 6) is 0.448. The zero-order valence-corrected chi connectivity index (χ0v) is 14.2. The molecule has 0 aliphatic carbocycles. The molecular formula is C15H13Br2NO2. The molecule has 0 aromatic heterocycles. The van der Waals surface area contributed by atoms with E-state index in [0.29, 0.717) is 11.3 Å². The van der Waals surface area contributed by atoms with Gasteiger partial charge in [0.25, 0.3) is 0 Å². The third-order valence-corrected chi connectivity index (χ3v) is 4.80. The minimum Gasteiger partial charge on any atom is -0.504 e. The number of hydrogen-bond acceptors (Lipinski definition) is 3. The van der Waals surface area contributed by atoms with Gasteiger partial charge in [0.05, 0.1) is 18.4 Å². The molecule has 0 spiro atoms. The maximum atomic E-state index is 10.1. The number of phenols is 1. The molecule has 0 fully saturated rings. The standard InChI is InChI=1S/C15H13Br2NO2/c1-9-3-5-10(6-4-9)18-8-11-14(17)12(16)7-13(20-2)15(11)19/h3-8,19H,1-2H3. The van der Waals surface area contributed by atoms with Crippen LogP contribution in [0.5, 0.6) is 11.5 Å². The Hall–Kier alpha value is -1.33. The van der Waals surface area contributed by atoms with E-state index in [2.05, 4.69) is 36.9 Å².